The van der Waals surface area contributed by atoms with Gasteiger partial charge < -0.3 is 10.2 Å². The lowest BCUT2D eigenvalue weighted by Crippen LogP contribution is -2.46. The highest BCUT2D eigenvalue weighted by Crippen LogP contribution is 2.12. The quantitative estimate of drug-likeness (QED) is 0.807. The molecule has 1 fully saturated rings. The van der Waals surface area contributed by atoms with Gasteiger partial charge >= 0.3 is 0 Å². The Labute approximate surface area is 116 Å². The highest BCUT2D eigenvalue weighted by Gasteiger charge is 2.24. The van der Waals surface area contributed by atoms with E-state index in [4.69, 9.17) is 0 Å². The molecule has 0 saturated carbocycles. The van der Waals surface area contributed by atoms with Crippen LogP contribution in [0.15, 0.2) is 16.9 Å². The standard InChI is InChI=1S/C13H18N4O3/c1-2-11(18)14-9-5-7-17(8-6-9)13(20)10-3-4-12(19)16-15-10/h3-4,9H,2,5-8H2,1H3,(H,14,18)(H,16,19). The third-order valence-corrected chi connectivity index (χ3v) is 3.37. The molecule has 1 aliphatic rings. The van der Waals surface area contributed by atoms with E-state index in [0.717, 1.165) is 12.8 Å². The Morgan fingerprint density at radius 3 is 2.65 bits per heavy atom. The van der Waals surface area contributed by atoms with E-state index in [-0.39, 0.29) is 29.1 Å². The highest BCUT2D eigenvalue weighted by atomic mass is 16.2. The zero-order valence-electron chi connectivity index (χ0n) is 11.4. The highest BCUT2D eigenvalue weighted by molar-refractivity contribution is 5.92. The Balaban J connectivity index is 1.90. The summed E-state index contributed by atoms with van der Waals surface area (Å²) in [4.78, 5) is 36.1. The van der Waals surface area contributed by atoms with Crippen LogP contribution in [-0.4, -0.2) is 46.0 Å². The number of likely N-dealkylation sites (tertiary alicyclic amines) is 1. The van der Waals surface area contributed by atoms with Crippen LogP contribution >= 0.6 is 0 Å². The number of nitrogens with zero attached hydrogens (tertiary/aromatic N) is 2. The Morgan fingerprint density at radius 2 is 2.10 bits per heavy atom. The number of aromatic nitrogens is 2. The molecule has 2 rings (SSSR count). The minimum absolute atomic E-state index is 0.0390. The summed E-state index contributed by atoms with van der Waals surface area (Å²) in [6.07, 6.45) is 1.95. The van der Waals surface area contributed by atoms with E-state index in [0.29, 0.717) is 19.5 Å². The smallest absolute Gasteiger partial charge is 0.274 e. The predicted octanol–water partition coefficient (Wildman–Crippen LogP) is -0.0993. The van der Waals surface area contributed by atoms with Crippen molar-refractivity contribution in [1.82, 2.24) is 20.4 Å². The van der Waals surface area contributed by atoms with Gasteiger partial charge in [-0.3, -0.25) is 14.4 Å². The molecule has 1 saturated heterocycles. The molecule has 0 aromatic carbocycles. The molecule has 20 heavy (non-hydrogen) atoms. The molecule has 0 unspecified atom stereocenters. The molecule has 0 spiro atoms. The summed E-state index contributed by atoms with van der Waals surface area (Å²) in [7, 11) is 0. The summed E-state index contributed by atoms with van der Waals surface area (Å²) in [5.74, 6) is -0.154. The van der Waals surface area contributed by atoms with E-state index < -0.39 is 0 Å². The minimum atomic E-state index is -0.331. The topological polar surface area (TPSA) is 95.2 Å². The number of rotatable bonds is 3. The van der Waals surface area contributed by atoms with Crippen LogP contribution in [0.3, 0.4) is 0 Å². The van der Waals surface area contributed by atoms with Crippen LogP contribution in [0.5, 0.6) is 0 Å². The van der Waals surface area contributed by atoms with Gasteiger partial charge in [0.15, 0.2) is 0 Å². The lowest BCUT2D eigenvalue weighted by atomic mass is 10.0. The SMILES string of the molecule is CCC(=O)NC1CCN(C(=O)c2ccc(=O)[nH]n2)CC1. The molecule has 7 heteroatoms. The largest absolute Gasteiger partial charge is 0.353 e. The summed E-state index contributed by atoms with van der Waals surface area (Å²) < 4.78 is 0. The normalized spacial score (nSPS) is 15.9. The first-order chi connectivity index (χ1) is 9.60. The second kappa shape index (κ2) is 6.31. The van der Waals surface area contributed by atoms with E-state index >= 15 is 0 Å². The number of aromatic amines is 1. The van der Waals surface area contributed by atoms with Crippen molar-refractivity contribution in [2.75, 3.05) is 13.1 Å². The molecular weight excluding hydrogens is 260 g/mol. The Kier molecular flexibility index (Phi) is 4.49. The molecule has 0 atom stereocenters. The molecule has 7 nitrogen and oxygen atoms in total. The van der Waals surface area contributed by atoms with Crippen molar-refractivity contribution in [2.24, 2.45) is 0 Å². The van der Waals surface area contributed by atoms with Crippen LogP contribution in [0.4, 0.5) is 0 Å². The Bertz CT molecular complexity index is 526. The molecule has 0 radical (unpaired) electrons. The zero-order chi connectivity index (χ0) is 14.5. The molecule has 1 aromatic rings. The van der Waals surface area contributed by atoms with Gasteiger partial charge in [0.05, 0.1) is 0 Å². The molecule has 2 heterocycles. The van der Waals surface area contributed by atoms with Crippen LogP contribution in [0, 0.1) is 0 Å². The van der Waals surface area contributed by atoms with Crippen molar-refractivity contribution in [3.8, 4) is 0 Å². The molecule has 2 amide bonds. The van der Waals surface area contributed by atoms with Crippen molar-refractivity contribution >= 4 is 11.8 Å². The first kappa shape index (κ1) is 14.2. The van der Waals surface area contributed by atoms with Crippen molar-refractivity contribution in [1.29, 1.82) is 0 Å². The summed E-state index contributed by atoms with van der Waals surface area (Å²) in [5, 5.41) is 8.92. The second-order valence-electron chi connectivity index (χ2n) is 4.79. The summed E-state index contributed by atoms with van der Waals surface area (Å²) in [6, 6.07) is 2.84. The fourth-order valence-electron chi connectivity index (χ4n) is 2.18. The van der Waals surface area contributed by atoms with Crippen LogP contribution in [0.1, 0.15) is 36.7 Å². The Morgan fingerprint density at radius 1 is 1.40 bits per heavy atom. The van der Waals surface area contributed by atoms with Gasteiger partial charge in [0.1, 0.15) is 5.69 Å². The van der Waals surface area contributed by atoms with Crippen molar-refractivity contribution in [2.45, 2.75) is 32.2 Å². The average Bonchev–Trinajstić information content (AvgIpc) is 2.48. The molecular formula is C13H18N4O3. The predicted molar refractivity (Wildman–Crippen MR) is 72.2 cm³/mol. The van der Waals surface area contributed by atoms with Gasteiger partial charge in [-0.05, 0) is 18.9 Å². The van der Waals surface area contributed by atoms with E-state index in [1.807, 2.05) is 6.92 Å². The minimum Gasteiger partial charge on any atom is -0.353 e. The van der Waals surface area contributed by atoms with E-state index in [1.54, 1.807) is 4.90 Å². The molecule has 0 bridgehead atoms. The fourth-order valence-corrected chi connectivity index (χ4v) is 2.18. The number of hydrogen-bond donors (Lipinski definition) is 2. The number of carbonyl (C=O) groups is 2. The maximum Gasteiger partial charge on any atom is 0.274 e. The van der Waals surface area contributed by atoms with Crippen molar-refractivity contribution < 1.29 is 9.59 Å². The summed E-state index contributed by atoms with van der Waals surface area (Å²) in [5.41, 5.74) is -0.0943. The number of carbonyl (C=O) groups excluding carboxylic acids is 2. The van der Waals surface area contributed by atoms with Crippen molar-refractivity contribution in [3.05, 3.63) is 28.2 Å². The third kappa shape index (κ3) is 3.43. The molecule has 0 aliphatic carbocycles. The van der Waals surface area contributed by atoms with Gasteiger partial charge in [-0.1, -0.05) is 6.92 Å². The molecule has 1 aliphatic heterocycles. The average molecular weight is 278 g/mol. The molecule has 2 N–H and O–H groups in total. The Hall–Kier alpha value is -2.18. The number of H-pyrrole nitrogens is 1. The first-order valence-corrected chi connectivity index (χ1v) is 6.74. The zero-order valence-corrected chi connectivity index (χ0v) is 11.4. The number of amides is 2. The van der Waals surface area contributed by atoms with Gasteiger partial charge in [-0.2, -0.15) is 5.10 Å². The lowest BCUT2D eigenvalue weighted by molar-refractivity contribution is -0.121. The maximum absolute atomic E-state index is 12.2. The van der Waals surface area contributed by atoms with Crippen LogP contribution < -0.4 is 10.9 Å². The number of piperidine rings is 1. The van der Waals surface area contributed by atoms with Gasteiger partial charge in [0.2, 0.25) is 5.91 Å². The number of hydrogen-bond acceptors (Lipinski definition) is 4. The summed E-state index contributed by atoms with van der Waals surface area (Å²) in [6.45, 7) is 2.97. The fraction of sp³-hybridized carbons (Fsp3) is 0.538. The van der Waals surface area contributed by atoms with Crippen LogP contribution in [-0.2, 0) is 4.79 Å². The van der Waals surface area contributed by atoms with Crippen LogP contribution in [0.2, 0.25) is 0 Å². The van der Waals surface area contributed by atoms with Gasteiger partial charge in [0, 0.05) is 31.6 Å². The van der Waals surface area contributed by atoms with E-state index in [2.05, 4.69) is 15.5 Å². The van der Waals surface area contributed by atoms with Crippen LogP contribution in [0.25, 0.3) is 0 Å². The number of nitrogens with one attached hydrogen (secondary N) is 2. The maximum atomic E-state index is 12.2. The molecule has 108 valence electrons. The van der Waals surface area contributed by atoms with Gasteiger partial charge in [-0.15, -0.1) is 0 Å². The first-order valence-electron chi connectivity index (χ1n) is 6.74. The third-order valence-electron chi connectivity index (χ3n) is 3.37. The van der Waals surface area contributed by atoms with Gasteiger partial charge in [0.25, 0.3) is 11.5 Å². The van der Waals surface area contributed by atoms with Crippen molar-refractivity contribution in [3.63, 3.8) is 0 Å². The van der Waals surface area contributed by atoms with Gasteiger partial charge in [-0.25, -0.2) is 5.10 Å². The van der Waals surface area contributed by atoms with E-state index in [9.17, 15) is 14.4 Å². The monoisotopic (exact) mass is 278 g/mol. The molecule has 1 aromatic heterocycles. The second-order valence-corrected chi connectivity index (χ2v) is 4.79. The van der Waals surface area contributed by atoms with E-state index in [1.165, 1.54) is 12.1 Å². The lowest BCUT2D eigenvalue weighted by Gasteiger charge is -2.32. The summed E-state index contributed by atoms with van der Waals surface area (Å²) >= 11 is 0.